The normalized spacial score (nSPS) is 11.6. The summed E-state index contributed by atoms with van der Waals surface area (Å²) in [7, 11) is -1.79. The Morgan fingerprint density at radius 2 is 0.773 bits per heavy atom. The van der Waals surface area contributed by atoms with Gasteiger partial charge in [-0.25, -0.2) is 0 Å². The molecular weight excluding hydrogens is 419 g/mol. The number of halogens is 2. The first kappa shape index (κ1) is 15.9. The van der Waals surface area contributed by atoms with Crippen molar-refractivity contribution in [2.24, 2.45) is 0 Å². The quantitative estimate of drug-likeness (QED) is 0.398. The van der Waals surface area contributed by atoms with Crippen LogP contribution in [0.3, 0.4) is 0 Å². The second-order valence-electron chi connectivity index (χ2n) is 5.01. The molecule has 0 aliphatic rings. The van der Waals surface area contributed by atoms with Crippen LogP contribution < -0.4 is 15.9 Å². The van der Waals surface area contributed by atoms with Crippen LogP contribution in [-0.2, 0) is 0 Å². The van der Waals surface area contributed by atoms with Gasteiger partial charge in [-0.15, -0.1) is 0 Å². The zero-order valence-electron chi connectivity index (χ0n) is 11.9. The van der Waals surface area contributed by atoms with Crippen LogP contribution in [0.2, 0.25) is 0 Å². The van der Waals surface area contributed by atoms with Crippen LogP contribution in [0.15, 0.2) is 91.0 Å². The molecule has 3 aromatic rings. The van der Waals surface area contributed by atoms with E-state index >= 15 is 0 Å². The molecule has 0 bridgehead atoms. The van der Waals surface area contributed by atoms with E-state index in [0.29, 0.717) is 0 Å². The average molecular weight is 435 g/mol. The van der Waals surface area contributed by atoms with Gasteiger partial charge in [0.2, 0.25) is 0 Å². The fraction of sp³-hybridized carbons (Fsp3) is 0.0526. The van der Waals surface area contributed by atoms with Gasteiger partial charge in [0.25, 0.3) is 0 Å². The Labute approximate surface area is 149 Å². The lowest BCUT2D eigenvalue weighted by Crippen LogP contribution is -2.34. The summed E-state index contributed by atoms with van der Waals surface area (Å²) in [6.45, 7) is 0. The van der Waals surface area contributed by atoms with E-state index in [0.717, 1.165) is 0 Å². The topological polar surface area (TPSA) is 0 Å². The largest absolute Gasteiger partial charge is 0.190 e. The van der Waals surface area contributed by atoms with Gasteiger partial charge in [0.05, 0.1) is 0 Å². The lowest BCUT2D eigenvalue weighted by molar-refractivity contribution is 1.70. The number of benzene rings is 3. The molecule has 0 nitrogen and oxygen atoms in total. The second-order valence-corrected chi connectivity index (χ2v) is 13.0. The van der Waals surface area contributed by atoms with Crippen LogP contribution in [0, 0.1) is 0 Å². The molecule has 3 heteroatoms. The number of alkyl halides is 2. The molecule has 0 saturated carbocycles. The zero-order valence-corrected chi connectivity index (χ0v) is 16.0. The highest BCUT2D eigenvalue weighted by atomic mass is 79.9. The van der Waals surface area contributed by atoms with Crippen molar-refractivity contribution in [3.8, 4) is 0 Å². The van der Waals surface area contributed by atoms with Crippen LogP contribution in [0.4, 0.5) is 0 Å². The third-order valence-corrected chi connectivity index (χ3v) is 11.4. The third kappa shape index (κ3) is 2.80. The van der Waals surface area contributed by atoms with Gasteiger partial charge in [-0.2, -0.15) is 0 Å². The summed E-state index contributed by atoms with van der Waals surface area (Å²) >= 11 is 7.75. The number of rotatable bonds is 4. The molecule has 0 aliphatic heterocycles. The summed E-state index contributed by atoms with van der Waals surface area (Å²) in [5.74, 6) is 0. The van der Waals surface area contributed by atoms with Crippen molar-refractivity contribution >= 4 is 55.0 Å². The summed E-state index contributed by atoms with van der Waals surface area (Å²) in [6.07, 6.45) is 0. The van der Waals surface area contributed by atoms with Gasteiger partial charge in [-0.05, 0) is 68.3 Å². The Morgan fingerprint density at radius 1 is 0.500 bits per heavy atom. The fourth-order valence-corrected chi connectivity index (χ4v) is 10.5. The SMILES string of the molecule is BrC(Br)[P+](c1ccccc1)(c1ccccc1)c1ccccc1. The monoisotopic (exact) mass is 433 g/mol. The molecule has 0 atom stereocenters. The van der Waals surface area contributed by atoms with Gasteiger partial charge >= 0.3 is 0 Å². The van der Waals surface area contributed by atoms with Crippen molar-refractivity contribution in [3.63, 3.8) is 0 Å². The molecule has 3 aromatic carbocycles. The van der Waals surface area contributed by atoms with E-state index in [-0.39, 0.29) is 3.48 Å². The van der Waals surface area contributed by atoms with E-state index < -0.39 is 7.26 Å². The van der Waals surface area contributed by atoms with Gasteiger partial charge in [-0.3, -0.25) is 0 Å². The first-order chi connectivity index (χ1) is 10.8. The maximum atomic E-state index is 3.87. The molecule has 0 aliphatic carbocycles. The molecule has 0 heterocycles. The molecule has 0 saturated heterocycles. The van der Waals surface area contributed by atoms with E-state index in [4.69, 9.17) is 0 Å². The van der Waals surface area contributed by atoms with Crippen molar-refractivity contribution in [2.75, 3.05) is 0 Å². The summed E-state index contributed by atoms with van der Waals surface area (Å²) < 4.78 is 0.180. The third-order valence-electron chi connectivity index (χ3n) is 3.78. The first-order valence-corrected chi connectivity index (χ1v) is 10.8. The van der Waals surface area contributed by atoms with Crippen LogP contribution in [0.5, 0.6) is 0 Å². The lowest BCUT2D eigenvalue weighted by atomic mass is 10.4. The van der Waals surface area contributed by atoms with Crippen molar-refractivity contribution in [2.45, 2.75) is 3.48 Å². The van der Waals surface area contributed by atoms with Crippen LogP contribution in [0.1, 0.15) is 0 Å². The van der Waals surface area contributed by atoms with Crippen molar-refractivity contribution in [1.29, 1.82) is 0 Å². The van der Waals surface area contributed by atoms with Gasteiger partial charge in [0, 0.05) is 0 Å². The number of hydrogen-bond acceptors (Lipinski definition) is 0. The summed E-state index contributed by atoms with van der Waals surface area (Å²) in [4.78, 5) is 0. The molecular formula is C19H16Br2P+. The molecule has 0 radical (unpaired) electrons. The van der Waals surface area contributed by atoms with E-state index in [1.807, 2.05) is 0 Å². The van der Waals surface area contributed by atoms with Gasteiger partial charge in [0.1, 0.15) is 23.2 Å². The Balaban J connectivity index is 2.34. The molecule has 3 rings (SSSR count). The van der Waals surface area contributed by atoms with Crippen LogP contribution >= 0.6 is 39.1 Å². The van der Waals surface area contributed by atoms with E-state index in [1.165, 1.54) is 15.9 Å². The van der Waals surface area contributed by atoms with Crippen molar-refractivity contribution in [3.05, 3.63) is 91.0 Å². The van der Waals surface area contributed by atoms with E-state index in [9.17, 15) is 0 Å². The predicted molar refractivity (Wildman–Crippen MR) is 107 cm³/mol. The highest BCUT2D eigenvalue weighted by Crippen LogP contribution is 2.63. The molecule has 0 aromatic heterocycles. The van der Waals surface area contributed by atoms with Crippen molar-refractivity contribution < 1.29 is 0 Å². The number of hydrogen-bond donors (Lipinski definition) is 0. The Kier molecular flexibility index (Phi) is 5.13. The molecule has 0 fully saturated rings. The minimum atomic E-state index is -1.79. The second kappa shape index (κ2) is 7.08. The standard InChI is InChI=1S/C19H16Br2P/c20-19(21)22(16-10-4-1-5-11-16,17-12-6-2-7-13-17)18-14-8-3-9-15-18/h1-15,19H/q+1. The van der Waals surface area contributed by atoms with Crippen LogP contribution in [-0.4, -0.2) is 3.48 Å². The molecule has 22 heavy (non-hydrogen) atoms. The summed E-state index contributed by atoms with van der Waals surface area (Å²) in [5.41, 5.74) is 0. The van der Waals surface area contributed by atoms with Gasteiger partial charge in [0.15, 0.2) is 3.48 Å². The zero-order chi connectivity index (χ0) is 15.4. The summed E-state index contributed by atoms with van der Waals surface area (Å²) in [6, 6.07) is 32.4. The highest BCUT2D eigenvalue weighted by molar-refractivity contribution is 9.26. The smallest absolute Gasteiger partial charge is 0.0620 e. The molecule has 0 spiro atoms. The minimum Gasteiger partial charge on any atom is -0.0620 e. The Hall–Kier alpha value is -0.950. The predicted octanol–water partition coefficient (Wildman–Crippen LogP) is 5.05. The fourth-order valence-electron chi connectivity index (χ4n) is 2.77. The molecule has 0 N–H and O–H groups in total. The maximum absolute atomic E-state index is 3.87. The molecule has 0 unspecified atom stereocenters. The molecule has 110 valence electrons. The Morgan fingerprint density at radius 3 is 1.00 bits per heavy atom. The summed E-state index contributed by atoms with van der Waals surface area (Å²) in [5, 5.41) is 4.10. The van der Waals surface area contributed by atoms with Crippen molar-refractivity contribution in [1.82, 2.24) is 0 Å². The first-order valence-electron chi connectivity index (χ1n) is 7.10. The van der Waals surface area contributed by atoms with Gasteiger partial charge < -0.3 is 0 Å². The van der Waals surface area contributed by atoms with E-state index in [2.05, 4.69) is 123 Å². The Bertz CT molecular complexity index is 616. The molecule has 0 amide bonds. The minimum absolute atomic E-state index is 0.180. The highest BCUT2D eigenvalue weighted by Gasteiger charge is 2.50. The maximum Gasteiger partial charge on any atom is 0.190 e. The van der Waals surface area contributed by atoms with Gasteiger partial charge in [-0.1, -0.05) is 54.6 Å². The lowest BCUT2D eigenvalue weighted by Gasteiger charge is -2.28. The average Bonchev–Trinajstić information content (AvgIpc) is 2.58. The van der Waals surface area contributed by atoms with Crippen LogP contribution in [0.25, 0.3) is 0 Å². The van der Waals surface area contributed by atoms with E-state index in [1.54, 1.807) is 0 Å².